The summed E-state index contributed by atoms with van der Waals surface area (Å²) >= 11 is 0. The van der Waals surface area contributed by atoms with E-state index in [4.69, 9.17) is 11.3 Å². The maximum Gasteiger partial charge on any atom is 0.302 e. The molecule has 0 aromatic carbocycles. The number of esters is 1. The van der Waals surface area contributed by atoms with Gasteiger partial charge in [0.15, 0.2) is 0 Å². The molecule has 0 spiro atoms. The summed E-state index contributed by atoms with van der Waals surface area (Å²) < 4.78 is 5.90. The second-order valence-corrected chi connectivity index (χ2v) is 13.3. The molecule has 0 saturated heterocycles. The molecule has 0 radical (unpaired) electrons. The molecular formula is C32H52O2. The molecule has 0 bridgehead atoms. The van der Waals surface area contributed by atoms with Crippen LogP contribution in [-0.2, 0) is 9.53 Å². The third-order valence-corrected chi connectivity index (χ3v) is 10.4. The summed E-state index contributed by atoms with van der Waals surface area (Å²) in [5.74, 6) is 1.76. The number of carbonyl (C=O) groups is 1. The van der Waals surface area contributed by atoms with Crippen molar-refractivity contribution in [2.45, 2.75) is 126 Å². The van der Waals surface area contributed by atoms with Crippen molar-refractivity contribution in [2.75, 3.05) is 0 Å². The SMILES string of the molecule is C=C(CC/C=C(/C)CCC=C(C)C)[C@@H]1C[C@H]2C(C)(C)[C@@H](OC(C)=O)CC[C@]2(C)[C@H]2CCC[C@@]21C. The molecule has 3 aliphatic rings. The number of fused-ring (bicyclic) bond motifs is 3. The monoisotopic (exact) mass is 468 g/mol. The van der Waals surface area contributed by atoms with Crippen LogP contribution in [0, 0.1) is 34.0 Å². The number of hydrogen-bond donors (Lipinski definition) is 0. The zero-order valence-corrected chi connectivity index (χ0v) is 23.6. The number of carbonyl (C=O) groups excluding carboxylic acids is 1. The smallest absolute Gasteiger partial charge is 0.302 e. The van der Waals surface area contributed by atoms with Gasteiger partial charge in [-0.05, 0) is 107 Å². The van der Waals surface area contributed by atoms with Crippen LogP contribution >= 0.6 is 0 Å². The minimum Gasteiger partial charge on any atom is -0.462 e. The summed E-state index contributed by atoms with van der Waals surface area (Å²) in [7, 11) is 0. The van der Waals surface area contributed by atoms with Crippen LogP contribution in [0.4, 0.5) is 0 Å². The molecule has 0 heterocycles. The molecule has 3 aliphatic carbocycles. The fourth-order valence-electron chi connectivity index (χ4n) is 8.66. The number of ether oxygens (including phenoxy) is 1. The van der Waals surface area contributed by atoms with Gasteiger partial charge in [0.2, 0.25) is 0 Å². The van der Waals surface area contributed by atoms with Gasteiger partial charge in [-0.25, -0.2) is 0 Å². The molecular weight excluding hydrogens is 416 g/mol. The van der Waals surface area contributed by atoms with Crippen LogP contribution in [0.2, 0.25) is 0 Å². The van der Waals surface area contributed by atoms with E-state index in [9.17, 15) is 4.79 Å². The molecule has 192 valence electrons. The third-order valence-electron chi connectivity index (χ3n) is 10.4. The lowest BCUT2D eigenvalue weighted by molar-refractivity contribution is -0.195. The van der Waals surface area contributed by atoms with Crippen molar-refractivity contribution >= 4 is 5.97 Å². The first-order valence-corrected chi connectivity index (χ1v) is 14.0. The van der Waals surface area contributed by atoms with Gasteiger partial charge < -0.3 is 4.74 Å². The first-order valence-electron chi connectivity index (χ1n) is 14.0. The Kier molecular flexibility index (Phi) is 8.31. The molecule has 2 heteroatoms. The van der Waals surface area contributed by atoms with E-state index in [0.717, 1.165) is 38.0 Å². The Morgan fingerprint density at radius 3 is 2.24 bits per heavy atom. The standard InChI is InChI=1S/C32H52O2/c1-22(2)13-10-14-23(3)15-11-16-24(4)26-21-28-30(6,7)29(34-25(5)33)18-20-32(28,9)27-17-12-19-31(26,27)8/h13,15,26-29H,4,10-12,14,16-21H2,1-3,5-9H3/b23-15-/t26-,27-,28-,29-,31+,32+/m0/s1. The Balaban J connectivity index is 1.77. The van der Waals surface area contributed by atoms with Crippen molar-refractivity contribution in [3.63, 3.8) is 0 Å². The second kappa shape index (κ2) is 10.4. The first-order chi connectivity index (χ1) is 15.8. The summed E-state index contributed by atoms with van der Waals surface area (Å²) in [6.07, 6.45) is 16.8. The highest BCUT2D eigenvalue weighted by atomic mass is 16.5. The van der Waals surface area contributed by atoms with Crippen LogP contribution in [-0.4, -0.2) is 12.1 Å². The molecule has 3 saturated carbocycles. The van der Waals surface area contributed by atoms with Gasteiger partial charge in [0, 0.05) is 12.3 Å². The lowest BCUT2D eigenvalue weighted by Gasteiger charge is -2.65. The molecule has 0 unspecified atom stereocenters. The number of hydrogen-bond acceptors (Lipinski definition) is 2. The van der Waals surface area contributed by atoms with Gasteiger partial charge in [0.25, 0.3) is 0 Å². The van der Waals surface area contributed by atoms with Gasteiger partial charge in [-0.1, -0.05) is 69.6 Å². The third kappa shape index (κ3) is 5.26. The predicted octanol–water partition coefficient (Wildman–Crippen LogP) is 9.22. The van der Waals surface area contributed by atoms with E-state index in [1.165, 1.54) is 48.8 Å². The molecule has 0 N–H and O–H groups in total. The molecule has 3 rings (SSSR count). The highest BCUT2D eigenvalue weighted by Gasteiger charge is 2.65. The van der Waals surface area contributed by atoms with Crippen molar-refractivity contribution in [3.8, 4) is 0 Å². The molecule has 3 fully saturated rings. The van der Waals surface area contributed by atoms with Gasteiger partial charge in [-0.2, -0.15) is 0 Å². The van der Waals surface area contributed by atoms with Crippen molar-refractivity contribution in [1.29, 1.82) is 0 Å². The maximum atomic E-state index is 11.9. The maximum absolute atomic E-state index is 11.9. The number of allylic oxidation sites excluding steroid dienone is 5. The zero-order chi connectivity index (χ0) is 25.3. The lowest BCUT2D eigenvalue weighted by Crippen LogP contribution is -2.60. The van der Waals surface area contributed by atoms with E-state index >= 15 is 0 Å². The van der Waals surface area contributed by atoms with Crippen LogP contribution < -0.4 is 0 Å². The van der Waals surface area contributed by atoms with Gasteiger partial charge >= 0.3 is 5.97 Å². The van der Waals surface area contributed by atoms with E-state index in [-0.39, 0.29) is 17.5 Å². The highest BCUT2D eigenvalue weighted by Crippen LogP contribution is 2.71. The Hall–Kier alpha value is -1.31. The first kappa shape index (κ1) is 27.3. The summed E-state index contributed by atoms with van der Waals surface area (Å²) in [4.78, 5) is 11.9. The van der Waals surface area contributed by atoms with Crippen LogP contribution in [0.1, 0.15) is 120 Å². The molecule has 0 aromatic rings. The Bertz CT molecular complexity index is 826. The second-order valence-electron chi connectivity index (χ2n) is 13.3. The largest absolute Gasteiger partial charge is 0.462 e. The normalized spacial score (nSPS) is 36.9. The number of rotatable bonds is 8. The van der Waals surface area contributed by atoms with Gasteiger partial charge in [0.1, 0.15) is 6.10 Å². The minimum absolute atomic E-state index is 0.00252. The summed E-state index contributed by atoms with van der Waals surface area (Å²) in [5.41, 5.74) is 5.09. The molecule has 0 aliphatic heterocycles. The van der Waals surface area contributed by atoms with Crippen LogP contribution in [0.25, 0.3) is 0 Å². The molecule has 34 heavy (non-hydrogen) atoms. The average molecular weight is 469 g/mol. The van der Waals surface area contributed by atoms with Gasteiger partial charge in [-0.3, -0.25) is 4.79 Å². The average Bonchev–Trinajstić information content (AvgIpc) is 3.13. The summed E-state index contributed by atoms with van der Waals surface area (Å²) in [6, 6.07) is 0. The topological polar surface area (TPSA) is 26.3 Å². The molecule has 2 nitrogen and oxygen atoms in total. The van der Waals surface area contributed by atoms with Crippen molar-refractivity contribution in [3.05, 3.63) is 35.5 Å². The summed E-state index contributed by atoms with van der Waals surface area (Å²) in [6.45, 7) is 22.8. The zero-order valence-electron chi connectivity index (χ0n) is 23.6. The predicted molar refractivity (Wildman–Crippen MR) is 145 cm³/mol. The highest BCUT2D eigenvalue weighted by molar-refractivity contribution is 5.66. The van der Waals surface area contributed by atoms with Crippen LogP contribution in [0.5, 0.6) is 0 Å². The van der Waals surface area contributed by atoms with Crippen molar-refractivity contribution in [1.82, 2.24) is 0 Å². The fraction of sp³-hybridized carbons (Fsp3) is 0.781. The molecule has 0 aromatic heterocycles. The Morgan fingerprint density at radius 1 is 0.912 bits per heavy atom. The van der Waals surface area contributed by atoms with E-state index in [0.29, 0.717) is 22.7 Å². The van der Waals surface area contributed by atoms with E-state index in [2.05, 4.69) is 60.6 Å². The van der Waals surface area contributed by atoms with Crippen LogP contribution in [0.15, 0.2) is 35.5 Å². The van der Waals surface area contributed by atoms with E-state index in [1.807, 2.05) is 0 Å². The van der Waals surface area contributed by atoms with Crippen molar-refractivity contribution in [2.24, 2.45) is 34.0 Å². The molecule has 0 amide bonds. The van der Waals surface area contributed by atoms with Gasteiger partial charge in [0.05, 0.1) is 0 Å². The van der Waals surface area contributed by atoms with Gasteiger partial charge in [-0.15, -0.1) is 0 Å². The van der Waals surface area contributed by atoms with Crippen molar-refractivity contribution < 1.29 is 9.53 Å². The quantitative estimate of drug-likeness (QED) is 0.262. The summed E-state index contributed by atoms with van der Waals surface area (Å²) in [5, 5.41) is 0. The lowest BCUT2D eigenvalue weighted by atomic mass is 9.40. The Morgan fingerprint density at radius 2 is 1.59 bits per heavy atom. The molecule has 6 atom stereocenters. The van der Waals surface area contributed by atoms with Crippen LogP contribution in [0.3, 0.4) is 0 Å². The Labute approximate surface area is 210 Å². The van der Waals surface area contributed by atoms with E-state index < -0.39 is 0 Å². The van der Waals surface area contributed by atoms with E-state index in [1.54, 1.807) is 6.92 Å². The minimum atomic E-state index is -0.129. The fourth-order valence-corrected chi connectivity index (χ4v) is 8.66.